The van der Waals surface area contributed by atoms with Crippen molar-refractivity contribution in [3.8, 4) is 16.9 Å². The summed E-state index contributed by atoms with van der Waals surface area (Å²) in [4.78, 5) is 12.7. The summed E-state index contributed by atoms with van der Waals surface area (Å²) < 4.78 is 5.88. The lowest BCUT2D eigenvalue weighted by atomic mass is 10.0. The molecule has 0 unspecified atom stereocenters. The van der Waals surface area contributed by atoms with Crippen molar-refractivity contribution in [2.75, 3.05) is 6.61 Å². The molecule has 1 aliphatic carbocycles. The molecule has 6 rings (SSSR count). The summed E-state index contributed by atoms with van der Waals surface area (Å²) >= 11 is 0. The van der Waals surface area contributed by atoms with Gasteiger partial charge in [-0.3, -0.25) is 4.98 Å². The van der Waals surface area contributed by atoms with E-state index in [2.05, 4.69) is 73.2 Å². The molecule has 4 heteroatoms. The topological polar surface area (TPSA) is 50.8 Å². The van der Waals surface area contributed by atoms with E-state index in [9.17, 15) is 0 Å². The van der Waals surface area contributed by atoms with Crippen molar-refractivity contribution in [2.45, 2.75) is 65.2 Å². The van der Waals surface area contributed by atoms with Crippen LogP contribution in [0, 0.1) is 6.92 Å². The zero-order valence-electron chi connectivity index (χ0n) is 22.3. The number of hydrogen-bond acceptors (Lipinski definition) is 3. The first-order chi connectivity index (χ1) is 18.2. The molecule has 4 nitrogen and oxygen atoms in total. The third-order valence-electron chi connectivity index (χ3n) is 7.35. The monoisotopic (exact) mass is 491 g/mol. The van der Waals surface area contributed by atoms with Crippen molar-refractivity contribution < 1.29 is 4.74 Å². The third kappa shape index (κ3) is 5.69. The van der Waals surface area contributed by atoms with Crippen LogP contribution in [0.1, 0.15) is 68.8 Å². The Labute approximate surface area is 220 Å². The van der Waals surface area contributed by atoms with Crippen LogP contribution in [0.4, 0.5) is 0 Å². The summed E-state index contributed by atoms with van der Waals surface area (Å²) in [6.45, 7) is 7.20. The molecular weight excluding hydrogens is 454 g/mol. The average molecular weight is 492 g/mol. The number of fused-ring (bicyclic) bond motifs is 2. The summed E-state index contributed by atoms with van der Waals surface area (Å²) in [7, 11) is 0. The summed E-state index contributed by atoms with van der Waals surface area (Å²) in [5, 5.41) is 1.25. The van der Waals surface area contributed by atoms with E-state index in [0.29, 0.717) is 5.92 Å². The molecule has 1 saturated carbocycles. The minimum Gasteiger partial charge on any atom is -0.493 e. The van der Waals surface area contributed by atoms with Crippen molar-refractivity contribution in [3.63, 3.8) is 0 Å². The zero-order valence-corrected chi connectivity index (χ0v) is 22.3. The van der Waals surface area contributed by atoms with Gasteiger partial charge in [-0.05, 0) is 91.3 Å². The largest absolute Gasteiger partial charge is 0.493 e. The Balaban J connectivity index is 0.000000212. The smallest absolute Gasteiger partial charge is 0.122 e. The molecule has 0 aliphatic heterocycles. The van der Waals surface area contributed by atoms with E-state index in [1.165, 1.54) is 59.1 Å². The third-order valence-corrected chi connectivity index (χ3v) is 7.35. The normalized spacial score (nSPS) is 13.6. The van der Waals surface area contributed by atoms with Crippen LogP contribution in [0.3, 0.4) is 0 Å². The fourth-order valence-corrected chi connectivity index (χ4v) is 5.23. The number of H-pyrrole nitrogens is 1. The van der Waals surface area contributed by atoms with Gasteiger partial charge >= 0.3 is 0 Å². The van der Waals surface area contributed by atoms with Crippen molar-refractivity contribution in [2.24, 2.45) is 0 Å². The molecule has 5 aromatic rings. The molecule has 190 valence electrons. The van der Waals surface area contributed by atoms with Gasteiger partial charge < -0.3 is 9.72 Å². The van der Waals surface area contributed by atoms with Gasteiger partial charge in [0.15, 0.2) is 0 Å². The quantitative estimate of drug-likeness (QED) is 0.258. The van der Waals surface area contributed by atoms with Gasteiger partial charge in [-0.1, -0.05) is 57.0 Å². The number of aryl methyl sites for hydroxylation is 2. The number of imidazole rings is 1. The number of ether oxygens (including phenoxy) is 1. The Morgan fingerprint density at radius 2 is 1.68 bits per heavy atom. The van der Waals surface area contributed by atoms with Crippen molar-refractivity contribution >= 4 is 21.9 Å². The van der Waals surface area contributed by atoms with E-state index in [-0.39, 0.29) is 0 Å². The van der Waals surface area contributed by atoms with E-state index in [1.54, 1.807) is 0 Å². The molecule has 1 aliphatic rings. The number of aromatic amines is 1. The second kappa shape index (κ2) is 11.6. The highest BCUT2D eigenvalue weighted by Crippen LogP contribution is 2.34. The number of benzene rings is 3. The highest BCUT2D eigenvalue weighted by Gasteiger charge is 2.20. The average Bonchev–Trinajstić information content (AvgIpc) is 3.62. The van der Waals surface area contributed by atoms with Gasteiger partial charge in [0.05, 0.1) is 23.2 Å². The minimum absolute atomic E-state index is 0.618. The minimum atomic E-state index is 0.618. The zero-order chi connectivity index (χ0) is 25.6. The van der Waals surface area contributed by atoms with Crippen molar-refractivity contribution in [1.29, 1.82) is 0 Å². The fourth-order valence-electron chi connectivity index (χ4n) is 5.23. The molecule has 0 atom stereocenters. The van der Waals surface area contributed by atoms with Gasteiger partial charge in [0.1, 0.15) is 11.6 Å². The number of rotatable bonds is 6. The lowest BCUT2D eigenvalue weighted by molar-refractivity contribution is 0.314. The molecular formula is C33H37N3O. The van der Waals surface area contributed by atoms with Crippen LogP contribution in [0.2, 0.25) is 0 Å². The highest BCUT2D eigenvalue weighted by molar-refractivity contribution is 5.83. The second-order valence-corrected chi connectivity index (χ2v) is 10.0. The van der Waals surface area contributed by atoms with Crippen LogP contribution in [0.5, 0.6) is 5.75 Å². The number of nitrogens with one attached hydrogen (secondary N) is 1. The van der Waals surface area contributed by atoms with E-state index >= 15 is 0 Å². The van der Waals surface area contributed by atoms with E-state index < -0.39 is 0 Å². The highest BCUT2D eigenvalue weighted by atomic mass is 16.5. The first-order valence-electron chi connectivity index (χ1n) is 13.7. The first kappa shape index (κ1) is 25.0. The van der Waals surface area contributed by atoms with Crippen molar-refractivity contribution in [3.05, 3.63) is 89.9 Å². The maximum Gasteiger partial charge on any atom is 0.122 e. The van der Waals surface area contributed by atoms with Gasteiger partial charge in [0, 0.05) is 17.5 Å². The first-order valence-corrected chi connectivity index (χ1v) is 13.7. The van der Waals surface area contributed by atoms with Gasteiger partial charge in [0.2, 0.25) is 0 Å². The molecule has 2 heterocycles. The number of para-hydroxylation sites is 1. The molecule has 1 fully saturated rings. The molecule has 0 spiro atoms. The fraction of sp³-hybridized carbons (Fsp3) is 0.333. The van der Waals surface area contributed by atoms with Gasteiger partial charge in [-0.15, -0.1) is 0 Å². The predicted molar refractivity (Wildman–Crippen MR) is 154 cm³/mol. The summed E-state index contributed by atoms with van der Waals surface area (Å²) in [5.41, 5.74) is 8.33. The lowest BCUT2D eigenvalue weighted by Gasteiger charge is -2.12. The van der Waals surface area contributed by atoms with Crippen LogP contribution in [-0.4, -0.2) is 21.6 Å². The molecule has 0 amide bonds. The SMILES string of the molecule is CCCOc1ccc(-c2ccc3nc(C4CCCC4)[nH]c3c2)cc1CC.Cc1ccnc2ccccc12. The number of aromatic nitrogens is 3. The molecule has 0 saturated heterocycles. The van der Waals surface area contributed by atoms with Crippen LogP contribution in [0.15, 0.2) is 72.9 Å². The summed E-state index contributed by atoms with van der Waals surface area (Å²) in [6, 6.07) is 23.3. The van der Waals surface area contributed by atoms with Gasteiger partial charge in [-0.25, -0.2) is 4.98 Å². The lowest BCUT2D eigenvalue weighted by Crippen LogP contribution is -1.98. The Kier molecular flexibility index (Phi) is 7.84. The van der Waals surface area contributed by atoms with E-state index in [1.807, 2.05) is 30.5 Å². The standard InChI is InChI=1S/C23H28N2O.C10H9N/c1-3-13-26-22-12-10-18(14-16(22)4-2)19-9-11-20-21(15-19)25-23(24-20)17-7-5-6-8-17;1-8-6-7-11-10-5-3-2-4-9(8)10/h9-12,14-15,17H,3-8,13H2,1-2H3,(H,24,25);2-7H,1H3. The van der Waals surface area contributed by atoms with Gasteiger partial charge in [-0.2, -0.15) is 0 Å². The number of pyridine rings is 1. The second-order valence-electron chi connectivity index (χ2n) is 10.0. The Bertz CT molecular complexity index is 1470. The van der Waals surface area contributed by atoms with Crippen molar-refractivity contribution in [1.82, 2.24) is 15.0 Å². The summed E-state index contributed by atoms with van der Waals surface area (Å²) in [6.07, 6.45) is 9.06. The van der Waals surface area contributed by atoms with Crippen LogP contribution < -0.4 is 4.74 Å². The molecule has 37 heavy (non-hydrogen) atoms. The number of hydrogen-bond donors (Lipinski definition) is 1. The van der Waals surface area contributed by atoms with Crippen LogP contribution >= 0.6 is 0 Å². The van der Waals surface area contributed by atoms with E-state index in [4.69, 9.17) is 9.72 Å². The van der Waals surface area contributed by atoms with Crippen LogP contribution in [0.25, 0.3) is 33.1 Å². The van der Waals surface area contributed by atoms with E-state index in [0.717, 1.165) is 41.7 Å². The maximum absolute atomic E-state index is 5.88. The predicted octanol–water partition coefficient (Wildman–Crippen LogP) is 8.78. The Morgan fingerprint density at radius 1 is 0.892 bits per heavy atom. The van der Waals surface area contributed by atoms with Gasteiger partial charge in [0.25, 0.3) is 0 Å². The Morgan fingerprint density at radius 3 is 2.46 bits per heavy atom. The molecule has 2 aromatic heterocycles. The molecule has 1 N–H and O–H groups in total. The summed E-state index contributed by atoms with van der Waals surface area (Å²) in [5.74, 6) is 2.81. The molecule has 3 aromatic carbocycles. The van der Waals surface area contributed by atoms with Crippen LogP contribution in [-0.2, 0) is 6.42 Å². The molecule has 0 radical (unpaired) electrons. The number of nitrogens with zero attached hydrogens (tertiary/aromatic N) is 2. The maximum atomic E-state index is 5.88. The Hall–Kier alpha value is -3.66. The molecule has 0 bridgehead atoms.